The standard InChI is InChI=1S/6C12H27O3P.Mo/c6*1-3-5-7-9-11-15-16(13,14)12-10-8-6-4-2;/h6*3-12H2,1-2H3,(H,13,14);/p-6. The van der Waals surface area contributed by atoms with Crippen molar-refractivity contribution in [2.45, 2.75) is 391 Å². The molecule has 97 heavy (non-hydrogen) atoms. The first-order valence-corrected chi connectivity index (χ1v) is 49.8. The van der Waals surface area contributed by atoms with Crippen molar-refractivity contribution in [1.82, 2.24) is 0 Å². The third-order valence-corrected chi connectivity index (χ3v) is 24.1. The molecule has 0 aromatic carbocycles. The van der Waals surface area contributed by atoms with Crippen molar-refractivity contribution in [3.05, 3.63) is 0 Å². The maximum Gasteiger partial charge on any atom is 0.134 e. The third-order valence-electron chi connectivity index (χ3n) is 15.4. The van der Waals surface area contributed by atoms with E-state index in [1.54, 1.807) is 0 Å². The fourth-order valence-electron chi connectivity index (χ4n) is 9.18. The molecule has 0 aliphatic heterocycles. The Morgan fingerprint density at radius 2 is 0.258 bits per heavy atom. The van der Waals surface area contributed by atoms with Gasteiger partial charge in [0.25, 0.3) is 0 Å². The summed E-state index contributed by atoms with van der Waals surface area (Å²) in [5.74, 6) is 0. The Kier molecular flexibility index (Phi) is 97.9. The first-order valence-electron chi connectivity index (χ1n) is 39.4. The predicted molar refractivity (Wildman–Crippen MR) is 400 cm³/mol. The van der Waals surface area contributed by atoms with Crippen LogP contribution in [0, 0.1) is 0 Å². The zero-order valence-electron chi connectivity index (χ0n) is 64.9. The summed E-state index contributed by atoms with van der Waals surface area (Å²) in [5, 5.41) is 0. The molecule has 594 valence electrons. The van der Waals surface area contributed by atoms with Gasteiger partial charge >= 0.3 is 0 Å². The van der Waals surface area contributed by atoms with Crippen LogP contribution in [-0.4, -0.2) is 76.6 Å². The molecule has 25 heteroatoms. The molecule has 0 heterocycles. The quantitative estimate of drug-likeness (QED) is 0.0310. The van der Waals surface area contributed by atoms with Gasteiger partial charge in [-0.3, -0.25) is 0 Å². The third kappa shape index (κ3) is 106. The van der Waals surface area contributed by atoms with Gasteiger partial charge in [0.05, 0.1) is 39.6 Å². The second-order valence-corrected chi connectivity index (χ2v) is 37.3. The van der Waals surface area contributed by atoms with E-state index in [9.17, 15) is 56.8 Å². The van der Waals surface area contributed by atoms with E-state index in [0.717, 1.165) is 308 Å². The number of unbranched alkanes of at least 4 members (excludes halogenated alkanes) is 36. The number of rotatable bonds is 66. The van der Waals surface area contributed by atoms with Gasteiger partial charge in [-0.05, 0) is 77.0 Å². The molecule has 0 fully saturated rings. The van der Waals surface area contributed by atoms with Crippen molar-refractivity contribution >= 4 is 45.6 Å². The molecule has 0 aliphatic carbocycles. The van der Waals surface area contributed by atoms with Gasteiger partial charge in [0, 0.05) is 58.0 Å². The molecule has 0 rings (SSSR count). The van der Waals surface area contributed by atoms with Crippen LogP contribution in [-0.2, 0) is 75.6 Å². The summed E-state index contributed by atoms with van der Waals surface area (Å²) >= 11 is 0. The zero-order valence-corrected chi connectivity index (χ0v) is 72.2. The molecule has 18 nitrogen and oxygen atoms in total. The molecular formula is C72H156MoO18P6-6. The van der Waals surface area contributed by atoms with Gasteiger partial charge in [0.15, 0.2) is 0 Å². The second kappa shape index (κ2) is 84.8. The monoisotopic (exact) mass is 1590 g/mol. The van der Waals surface area contributed by atoms with E-state index in [4.69, 9.17) is 27.1 Å². The summed E-state index contributed by atoms with van der Waals surface area (Å²) in [4.78, 5) is 68.6. The second-order valence-electron chi connectivity index (χ2n) is 25.7. The molecule has 0 saturated carbocycles. The van der Waals surface area contributed by atoms with Crippen LogP contribution in [0.15, 0.2) is 0 Å². The van der Waals surface area contributed by atoms with Gasteiger partial charge in [-0.25, -0.2) is 0 Å². The van der Waals surface area contributed by atoms with Crippen LogP contribution in [0.1, 0.15) is 391 Å². The zero-order chi connectivity index (χ0) is 73.7. The predicted octanol–water partition coefficient (Wildman–Crippen LogP) is 22.3. The minimum atomic E-state index is -3.53. The van der Waals surface area contributed by atoms with Crippen molar-refractivity contribution < 1.29 is 105 Å². The molecule has 0 aliphatic rings. The average Bonchev–Trinajstić information content (AvgIpc) is 2.93. The Balaban J connectivity index is -0.000000200. The summed E-state index contributed by atoms with van der Waals surface area (Å²) in [7, 11) is -21.2. The normalized spacial score (nSPS) is 14.8. The van der Waals surface area contributed by atoms with Gasteiger partial charge in [-0.15, -0.1) is 0 Å². The van der Waals surface area contributed by atoms with Crippen molar-refractivity contribution in [3.63, 3.8) is 0 Å². The molecule has 0 saturated heterocycles. The van der Waals surface area contributed by atoms with Crippen LogP contribution in [0.25, 0.3) is 0 Å². The van der Waals surface area contributed by atoms with E-state index >= 15 is 0 Å². The fourth-order valence-corrected chi connectivity index (χ4v) is 16.1. The van der Waals surface area contributed by atoms with Gasteiger partial charge in [0.2, 0.25) is 0 Å². The van der Waals surface area contributed by atoms with Crippen molar-refractivity contribution in [1.29, 1.82) is 0 Å². The Morgan fingerprint density at radius 1 is 0.165 bits per heavy atom. The fraction of sp³-hybridized carbons (Fsp3) is 1.00. The summed E-state index contributed by atoms with van der Waals surface area (Å²) in [6.45, 7) is 27.7. The smallest absolute Gasteiger partial charge is 0.134 e. The minimum absolute atomic E-state index is 0. The topological polar surface area (TPSA) is 296 Å². The van der Waals surface area contributed by atoms with Crippen LogP contribution in [0.2, 0.25) is 0 Å². The van der Waals surface area contributed by atoms with Gasteiger partial charge in [0.1, 0.15) is 45.6 Å². The molecule has 0 radical (unpaired) electrons. The van der Waals surface area contributed by atoms with E-state index in [1.807, 2.05) is 0 Å². The number of hydrogen-bond acceptors (Lipinski definition) is 18. The Bertz CT molecular complexity index is 1500. The van der Waals surface area contributed by atoms with E-state index < -0.39 is 45.6 Å². The van der Waals surface area contributed by atoms with Crippen LogP contribution < -0.4 is 29.4 Å². The van der Waals surface area contributed by atoms with Crippen LogP contribution in [0.5, 0.6) is 0 Å². The Hall–Kier alpha value is 1.59. The average molecular weight is 1590 g/mol. The van der Waals surface area contributed by atoms with Crippen molar-refractivity contribution in [2.75, 3.05) is 76.6 Å². The first-order chi connectivity index (χ1) is 45.7. The van der Waals surface area contributed by atoms with E-state index in [2.05, 4.69) is 83.1 Å². The molecule has 0 amide bonds. The van der Waals surface area contributed by atoms with Crippen LogP contribution in [0.3, 0.4) is 0 Å². The van der Waals surface area contributed by atoms with Gasteiger partial charge < -0.3 is 83.9 Å². The molecule has 6 unspecified atom stereocenters. The van der Waals surface area contributed by atoms with E-state index in [-0.39, 0.29) is 58.0 Å². The summed E-state index contributed by atoms with van der Waals surface area (Å²) in [5.41, 5.74) is 0. The summed E-state index contributed by atoms with van der Waals surface area (Å²) in [6, 6.07) is 0. The Labute approximate surface area is 614 Å². The van der Waals surface area contributed by atoms with Crippen molar-refractivity contribution in [3.8, 4) is 0 Å². The molecule has 6 atom stereocenters. The maximum atomic E-state index is 11.4. The summed E-state index contributed by atoms with van der Waals surface area (Å²) < 4.78 is 98.3. The summed E-state index contributed by atoms with van der Waals surface area (Å²) in [6.07, 6.45) is 50.4. The molecule has 0 spiro atoms. The van der Waals surface area contributed by atoms with Gasteiger partial charge in [-0.2, -0.15) is 0 Å². The molecule has 0 aromatic rings. The molecule has 0 N–H and O–H groups in total. The van der Waals surface area contributed by atoms with E-state index in [0.29, 0.717) is 39.6 Å². The molecule has 0 bridgehead atoms. The largest absolute Gasteiger partial charge is 0.778 e. The van der Waals surface area contributed by atoms with E-state index in [1.165, 1.54) is 0 Å². The van der Waals surface area contributed by atoms with Crippen LogP contribution in [0.4, 0.5) is 0 Å². The minimum Gasteiger partial charge on any atom is -0.778 e. The molecule has 0 aromatic heterocycles. The van der Waals surface area contributed by atoms with Gasteiger partial charge in [-0.1, -0.05) is 314 Å². The molecular weight excluding hydrogens is 1430 g/mol. The Morgan fingerprint density at radius 3 is 0.351 bits per heavy atom. The van der Waals surface area contributed by atoms with Crippen LogP contribution >= 0.6 is 45.6 Å². The SMILES string of the molecule is CCCCCCOP(=O)([O-])CCCCCC.CCCCCCOP(=O)([O-])CCCCCC.CCCCCCOP(=O)([O-])CCCCCC.CCCCCCOP(=O)([O-])CCCCCC.CCCCCCOP(=O)([O-])CCCCCC.CCCCCCOP(=O)([O-])CCCCCC.[Mo]. The maximum absolute atomic E-state index is 11.4. The first kappa shape index (κ1) is 112. The number of hydrogen-bond donors (Lipinski definition) is 0. The van der Waals surface area contributed by atoms with Crippen molar-refractivity contribution in [2.24, 2.45) is 0 Å².